The van der Waals surface area contributed by atoms with E-state index in [1.54, 1.807) is 0 Å². The average molecular weight is 437 g/mol. The molecule has 0 heterocycles. The Balaban J connectivity index is 6.67. The summed E-state index contributed by atoms with van der Waals surface area (Å²) in [6.45, 7) is 20.1. The maximum atomic E-state index is 13.4. The Morgan fingerprint density at radius 3 is 2.13 bits per heavy atom. The van der Waals surface area contributed by atoms with Crippen molar-refractivity contribution in [1.29, 1.82) is 0 Å². The van der Waals surface area contributed by atoms with Crippen LogP contribution in [-0.2, 0) is 0 Å². The summed E-state index contributed by atoms with van der Waals surface area (Å²) in [5.74, 6) is 2.74. The number of rotatable bonds is 16. The van der Waals surface area contributed by atoms with E-state index in [1.807, 2.05) is 13.0 Å². The first-order valence-corrected chi connectivity index (χ1v) is 12.3. The molecule has 0 aromatic rings. The molecular weight excluding hydrogens is 388 g/mol. The Labute approximate surface area is 192 Å². The second-order valence-electron chi connectivity index (χ2n) is 8.97. The lowest BCUT2D eigenvalue weighted by atomic mass is 9.59. The molecule has 0 radical (unpaired) electrons. The molecule has 0 saturated carbocycles. The quantitative estimate of drug-likeness (QED) is 0.0749. The third-order valence-electron chi connectivity index (χ3n) is 7.71. The highest BCUT2D eigenvalue weighted by Crippen LogP contribution is 2.50. The zero-order valence-electron chi connectivity index (χ0n) is 21.4. The summed E-state index contributed by atoms with van der Waals surface area (Å²) in [5, 5.41) is 0. The Morgan fingerprint density at radius 2 is 1.71 bits per heavy atom. The van der Waals surface area contributed by atoms with Crippen molar-refractivity contribution in [2.75, 3.05) is 6.54 Å². The van der Waals surface area contributed by atoms with Gasteiger partial charge in [-0.05, 0) is 45.4 Å². The van der Waals surface area contributed by atoms with Crippen molar-refractivity contribution >= 4 is 5.71 Å². The van der Waals surface area contributed by atoms with Gasteiger partial charge >= 0.3 is 0 Å². The highest BCUT2D eigenvalue weighted by atomic mass is 19.3. The predicted molar refractivity (Wildman–Crippen MR) is 133 cm³/mol. The van der Waals surface area contributed by atoms with Gasteiger partial charge in [0.15, 0.2) is 11.3 Å². The van der Waals surface area contributed by atoms with Crippen LogP contribution in [-0.4, -0.2) is 28.8 Å². The second-order valence-corrected chi connectivity index (χ2v) is 8.97. The molecule has 0 fully saturated rings. The zero-order valence-corrected chi connectivity index (χ0v) is 21.4. The maximum absolute atomic E-state index is 13.4. The minimum absolute atomic E-state index is 0.0796. The van der Waals surface area contributed by atoms with Crippen LogP contribution in [0.1, 0.15) is 113 Å². The molecular formula is C28H48F2N+. The van der Waals surface area contributed by atoms with Crippen LogP contribution >= 0.6 is 0 Å². The number of terminal acetylenes is 1. The zero-order chi connectivity index (χ0) is 24.1. The van der Waals surface area contributed by atoms with Gasteiger partial charge in [0.2, 0.25) is 6.43 Å². The maximum Gasteiger partial charge on any atom is 0.248 e. The minimum atomic E-state index is -2.33. The number of nitrogens with zero attached hydrogens (tertiary/aromatic N) is 1. The van der Waals surface area contributed by atoms with Gasteiger partial charge in [-0.3, -0.25) is 0 Å². The minimum Gasteiger partial charge on any atom is -0.231 e. The van der Waals surface area contributed by atoms with E-state index in [4.69, 9.17) is 6.42 Å². The summed E-state index contributed by atoms with van der Waals surface area (Å²) < 4.78 is 29.0. The monoisotopic (exact) mass is 436 g/mol. The summed E-state index contributed by atoms with van der Waals surface area (Å²) in [6, 6.07) is 0. The first kappa shape index (κ1) is 29.6. The van der Waals surface area contributed by atoms with Gasteiger partial charge in [0.05, 0.1) is 11.8 Å². The van der Waals surface area contributed by atoms with Gasteiger partial charge < -0.3 is 0 Å². The molecule has 0 rings (SSSR count). The lowest BCUT2D eigenvalue weighted by molar-refractivity contribution is -0.625. The molecule has 0 aromatic carbocycles. The molecule has 0 saturated heterocycles. The number of alkyl halides is 2. The van der Waals surface area contributed by atoms with Crippen molar-refractivity contribution in [1.82, 2.24) is 0 Å². The van der Waals surface area contributed by atoms with Crippen molar-refractivity contribution in [3.05, 3.63) is 23.8 Å². The van der Waals surface area contributed by atoms with Gasteiger partial charge in [0.1, 0.15) is 6.54 Å². The van der Waals surface area contributed by atoms with Gasteiger partial charge in [0.25, 0.3) is 0 Å². The van der Waals surface area contributed by atoms with E-state index < -0.39 is 6.43 Å². The van der Waals surface area contributed by atoms with Crippen LogP contribution in [0.4, 0.5) is 8.78 Å². The van der Waals surface area contributed by atoms with Crippen molar-refractivity contribution in [3.8, 4) is 12.3 Å². The Kier molecular flexibility index (Phi) is 13.9. The third kappa shape index (κ3) is 7.30. The summed E-state index contributed by atoms with van der Waals surface area (Å²) in [6.07, 6.45) is 13.6. The smallest absolute Gasteiger partial charge is 0.231 e. The first-order valence-electron chi connectivity index (χ1n) is 12.3. The molecule has 1 nitrogen and oxygen atoms in total. The average Bonchev–Trinajstić information content (AvgIpc) is 2.74. The molecule has 31 heavy (non-hydrogen) atoms. The standard InChI is InChI=1S/C28H48F2N/c1-10-16-18-19-20-25(12-3)24(8)28(14-5,15-6)27(9,13-4)31(21-17-11-2)23(7)22-26(29)30/h1,11,26H,2,12-22H2,3-9H3/q+1. The SMILES string of the molecule is C#CCCCCC(CC)=C(C)C(CC)(CC)C(C)(CC)[N+](CCC=C)=C(C)CC(F)F. The van der Waals surface area contributed by atoms with Crippen LogP contribution in [0.5, 0.6) is 0 Å². The van der Waals surface area contributed by atoms with Gasteiger partial charge in [-0.1, -0.05) is 44.9 Å². The van der Waals surface area contributed by atoms with E-state index in [2.05, 4.69) is 58.6 Å². The summed E-state index contributed by atoms with van der Waals surface area (Å²) >= 11 is 0. The molecule has 178 valence electrons. The Bertz CT molecular complexity index is 646. The molecule has 1 atom stereocenters. The summed E-state index contributed by atoms with van der Waals surface area (Å²) in [4.78, 5) is 0. The third-order valence-corrected chi connectivity index (χ3v) is 7.71. The molecule has 3 heteroatoms. The molecule has 0 aromatic heterocycles. The Hall–Kier alpha value is -1.43. The fraction of sp³-hybridized carbons (Fsp3) is 0.750. The lowest BCUT2D eigenvalue weighted by Crippen LogP contribution is -2.56. The van der Waals surface area contributed by atoms with E-state index in [0.717, 1.165) is 70.0 Å². The van der Waals surface area contributed by atoms with E-state index in [1.165, 1.54) is 11.1 Å². The molecule has 0 bridgehead atoms. The lowest BCUT2D eigenvalue weighted by Gasteiger charge is -2.47. The van der Waals surface area contributed by atoms with E-state index in [0.29, 0.717) is 0 Å². The predicted octanol–water partition coefficient (Wildman–Crippen LogP) is 8.59. The molecule has 0 aliphatic heterocycles. The van der Waals surface area contributed by atoms with E-state index >= 15 is 0 Å². The number of halogens is 2. The molecule has 0 amide bonds. The summed E-state index contributed by atoms with van der Waals surface area (Å²) in [7, 11) is 0. The topological polar surface area (TPSA) is 3.01 Å². The van der Waals surface area contributed by atoms with Gasteiger partial charge in [0, 0.05) is 33.1 Å². The van der Waals surface area contributed by atoms with Gasteiger partial charge in [-0.2, -0.15) is 0 Å². The second kappa shape index (κ2) is 14.6. The van der Waals surface area contributed by atoms with Crippen molar-refractivity contribution in [2.24, 2.45) is 5.41 Å². The van der Waals surface area contributed by atoms with Crippen molar-refractivity contribution in [2.45, 2.75) is 125 Å². The van der Waals surface area contributed by atoms with Gasteiger partial charge in [-0.25, -0.2) is 13.4 Å². The fourth-order valence-electron chi connectivity index (χ4n) is 5.68. The van der Waals surface area contributed by atoms with Crippen LogP contribution in [0, 0.1) is 17.8 Å². The van der Waals surface area contributed by atoms with Crippen LogP contribution in [0.25, 0.3) is 0 Å². The largest absolute Gasteiger partial charge is 0.248 e. The normalized spacial score (nSPS) is 15.8. The molecule has 1 unspecified atom stereocenters. The van der Waals surface area contributed by atoms with Crippen molar-refractivity contribution < 1.29 is 13.4 Å². The van der Waals surface area contributed by atoms with Crippen molar-refractivity contribution in [3.63, 3.8) is 0 Å². The summed E-state index contributed by atoms with van der Waals surface area (Å²) in [5.41, 5.74) is 3.42. The molecule has 0 aliphatic carbocycles. The number of hydrogen-bond donors (Lipinski definition) is 0. The molecule has 0 aliphatic rings. The van der Waals surface area contributed by atoms with Crippen LogP contribution in [0.2, 0.25) is 0 Å². The highest BCUT2D eigenvalue weighted by Gasteiger charge is 2.54. The molecule has 0 N–H and O–H groups in total. The van der Waals surface area contributed by atoms with E-state index in [9.17, 15) is 8.78 Å². The number of hydrogen-bond acceptors (Lipinski definition) is 0. The fourth-order valence-corrected chi connectivity index (χ4v) is 5.68. The van der Waals surface area contributed by atoms with Crippen LogP contribution < -0.4 is 0 Å². The highest BCUT2D eigenvalue weighted by molar-refractivity contribution is 5.77. The number of allylic oxidation sites excluding steroid dienone is 1. The molecule has 0 spiro atoms. The van der Waals surface area contributed by atoms with Crippen LogP contribution in [0.3, 0.4) is 0 Å². The Morgan fingerprint density at radius 1 is 1.10 bits per heavy atom. The van der Waals surface area contributed by atoms with Gasteiger partial charge in [-0.15, -0.1) is 18.9 Å². The number of unbranched alkanes of at least 4 members (excludes halogenated alkanes) is 2. The van der Waals surface area contributed by atoms with Crippen LogP contribution in [0.15, 0.2) is 23.8 Å². The first-order chi connectivity index (χ1) is 14.6. The van der Waals surface area contributed by atoms with E-state index in [-0.39, 0.29) is 17.4 Å².